The Bertz CT molecular complexity index is 748. The van der Waals surface area contributed by atoms with Crippen LogP contribution in [0.1, 0.15) is 44.1 Å². The maximum atomic E-state index is 12.8. The third-order valence-electron chi connectivity index (χ3n) is 6.24. The van der Waals surface area contributed by atoms with Gasteiger partial charge in [0.2, 0.25) is 0 Å². The van der Waals surface area contributed by atoms with Gasteiger partial charge in [0.25, 0.3) is 5.91 Å². The molecule has 4 aliphatic carbocycles. The molecule has 2 atom stereocenters. The molecule has 6 heteroatoms. The van der Waals surface area contributed by atoms with E-state index in [1.165, 1.54) is 0 Å². The molecule has 0 aromatic heterocycles. The van der Waals surface area contributed by atoms with Crippen molar-refractivity contribution in [1.29, 1.82) is 0 Å². The summed E-state index contributed by atoms with van der Waals surface area (Å²) in [5.74, 6) is 0.164. The number of carbonyl (C=O) groups excluding carboxylic acids is 2. The summed E-state index contributed by atoms with van der Waals surface area (Å²) in [6.45, 7) is 1.65. The molecule has 0 heterocycles. The van der Waals surface area contributed by atoms with Gasteiger partial charge in [-0.15, -0.1) is 0 Å². The minimum Gasteiger partial charge on any atom is -0.455 e. The van der Waals surface area contributed by atoms with Crippen LogP contribution in [0.5, 0.6) is 0 Å². The highest BCUT2D eigenvalue weighted by atomic mass is 79.9. The van der Waals surface area contributed by atoms with Crippen molar-refractivity contribution in [3.8, 4) is 0 Å². The smallest absolute Gasteiger partial charge is 0.312 e. The molecule has 0 saturated heterocycles. The highest BCUT2D eigenvalue weighted by Crippen LogP contribution is 2.61. The van der Waals surface area contributed by atoms with Crippen LogP contribution in [0.15, 0.2) is 22.7 Å². The standard InChI is InChI=1S/C20H24BrNO4/c1-12-4-15(2-3-16(12)21)22-17(23)10-26-18(24)19-6-13-5-14(7-19)9-20(25,8-13)11-19/h2-4,13-14,25H,5-11H2,1H3,(H,22,23). The Morgan fingerprint density at radius 1 is 1.27 bits per heavy atom. The summed E-state index contributed by atoms with van der Waals surface area (Å²) in [5.41, 5.74) is 0.394. The van der Waals surface area contributed by atoms with Crippen LogP contribution in [0.2, 0.25) is 0 Å². The van der Waals surface area contributed by atoms with Gasteiger partial charge >= 0.3 is 5.97 Å². The van der Waals surface area contributed by atoms with Gasteiger partial charge in [-0.25, -0.2) is 0 Å². The average Bonchev–Trinajstić information content (AvgIpc) is 2.53. The normalized spacial score (nSPS) is 34.6. The lowest BCUT2D eigenvalue weighted by molar-refractivity contribution is -0.196. The Hall–Kier alpha value is -1.40. The van der Waals surface area contributed by atoms with Crippen LogP contribution in [0.4, 0.5) is 5.69 Å². The molecule has 4 bridgehead atoms. The van der Waals surface area contributed by atoms with Crippen LogP contribution in [-0.4, -0.2) is 29.2 Å². The maximum Gasteiger partial charge on any atom is 0.312 e. The lowest BCUT2D eigenvalue weighted by Crippen LogP contribution is -2.58. The van der Waals surface area contributed by atoms with Crippen LogP contribution >= 0.6 is 15.9 Å². The summed E-state index contributed by atoms with van der Waals surface area (Å²) in [5, 5.41) is 13.5. The maximum absolute atomic E-state index is 12.8. The zero-order valence-electron chi connectivity index (χ0n) is 14.9. The number of esters is 1. The van der Waals surface area contributed by atoms with Gasteiger partial charge in [0.1, 0.15) is 0 Å². The van der Waals surface area contributed by atoms with Gasteiger partial charge in [-0.05, 0) is 81.0 Å². The van der Waals surface area contributed by atoms with E-state index in [9.17, 15) is 14.7 Å². The molecule has 140 valence electrons. The summed E-state index contributed by atoms with van der Waals surface area (Å²) in [6.07, 6.45) is 4.79. The number of rotatable bonds is 4. The molecule has 5 nitrogen and oxygen atoms in total. The van der Waals surface area contributed by atoms with Crippen molar-refractivity contribution in [3.05, 3.63) is 28.2 Å². The molecule has 1 aromatic rings. The molecule has 4 saturated carbocycles. The highest BCUT2D eigenvalue weighted by molar-refractivity contribution is 9.10. The summed E-state index contributed by atoms with van der Waals surface area (Å²) in [6, 6.07) is 5.52. The molecule has 2 N–H and O–H groups in total. The van der Waals surface area contributed by atoms with E-state index in [4.69, 9.17) is 4.74 Å². The molecule has 26 heavy (non-hydrogen) atoms. The summed E-state index contributed by atoms with van der Waals surface area (Å²) < 4.78 is 6.36. The number of halogens is 1. The van der Waals surface area contributed by atoms with Crippen molar-refractivity contribution in [2.45, 2.75) is 51.0 Å². The molecule has 0 spiro atoms. The van der Waals surface area contributed by atoms with E-state index in [-0.39, 0.29) is 18.5 Å². The van der Waals surface area contributed by atoms with Crippen molar-refractivity contribution in [1.82, 2.24) is 0 Å². The molecule has 1 amide bonds. The molecule has 2 unspecified atom stereocenters. The summed E-state index contributed by atoms with van der Waals surface area (Å²) in [7, 11) is 0. The van der Waals surface area contributed by atoms with Gasteiger partial charge in [0.05, 0.1) is 11.0 Å². The molecule has 4 aliphatic rings. The third kappa shape index (κ3) is 3.29. The second-order valence-electron chi connectivity index (χ2n) is 8.55. The van der Waals surface area contributed by atoms with Crippen molar-refractivity contribution in [2.24, 2.45) is 17.3 Å². The van der Waals surface area contributed by atoms with Crippen molar-refractivity contribution in [2.75, 3.05) is 11.9 Å². The monoisotopic (exact) mass is 421 g/mol. The number of benzene rings is 1. The molecule has 0 radical (unpaired) electrons. The molecule has 4 fully saturated rings. The lowest BCUT2D eigenvalue weighted by Gasteiger charge is -2.58. The Morgan fingerprint density at radius 3 is 2.58 bits per heavy atom. The zero-order valence-corrected chi connectivity index (χ0v) is 16.5. The molecule has 0 aliphatic heterocycles. The minimum atomic E-state index is -0.708. The minimum absolute atomic E-state index is 0.288. The topological polar surface area (TPSA) is 75.6 Å². The Balaban J connectivity index is 1.36. The molecular weight excluding hydrogens is 398 g/mol. The lowest BCUT2D eigenvalue weighted by atomic mass is 9.48. The number of anilines is 1. The second-order valence-corrected chi connectivity index (χ2v) is 9.41. The van der Waals surface area contributed by atoms with Gasteiger partial charge in [-0.3, -0.25) is 9.59 Å². The van der Waals surface area contributed by atoms with Gasteiger partial charge in [0.15, 0.2) is 6.61 Å². The van der Waals surface area contributed by atoms with Crippen LogP contribution in [0.25, 0.3) is 0 Å². The van der Waals surface area contributed by atoms with E-state index in [0.717, 1.165) is 42.1 Å². The van der Waals surface area contributed by atoms with Crippen LogP contribution in [-0.2, 0) is 14.3 Å². The number of hydrogen-bond acceptors (Lipinski definition) is 4. The molecule has 1 aromatic carbocycles. The number of nitrogens with one attached hydrogen (secondary N) is 1. The Labute approximate surface area is 161 Å². The fraction of sp³-hybridized carbons (Fsp3) is 0.600. The van der Waals surface area contributed by atoms with E-state index in [0.29, 0.717) is 23.9 Å². The SMILES string of the molecule is Cc1cc(NC(=O)COC(=O)C23CC4CC(CC(O)(C4)C2)C3)ccc1Br. The number of aryl methyl sites for hydroxylation is 1. The van der Waals surface area contributed by atoms with Crippen LogP contribution in [0.3, 0.4) is 0 Å². The Kier molecular flexibility index (Phi) is 4.39. The van der Waals surface area contributed by atoms with E-state index < -0.39 is 11.0 Å². The molecule has 5 rings (SSSR count). The highest BCUT2D eigenvalue weighted by Gasteiger charge is 2.60. The van der Waals surface area contributed by atoms with Crippen molar-refractivity contribution < 1.29 is 19.4 Å². The summed E-state index contributed by atoms with van der Waals surface area (Å²) in [4.78, 5) is 24.9. The largest absolute Gasteiger partial charge is 0.455 e. The van der Waals surface area contributed by atoms with Crippen LogP contribution < -0.4 is 5.32 Å². The predicted molar refractivity (Wildman–Crippen MR) is 101 cm³/mol. The Morgan fingerprint density at radius 2 is 1.96 bits per heavy atom. The number of aliphatic hydroxyl groups is 1. The first-order valence-corrected chi connectivity index (χ1v) is 10.0. The first-order valence-electron chi connectivity index (χ1n) is 9.23. The third-order valence-corrected chi connectivity index (χ3v) is 7.13. The number of ether oxygens (including phenoxy) is 1. The van der Waals surface area contributed by atoms with Crippen LogP contribution in [0, 0.1) is 24.2 Å². The summed E-state index contributed by atoms with van der Waals surface area (Å²) >= 11 is 3.42. The van der Waals surface area contributed by atoms with E-state index >= 15 is 0 Å². The average molecular weight is 422 g/mol. The number of carbonyl (C=O) groups is 2. The van der Waals surface area contributed by atoms with Gasteiger partial charge in [0, 0.05) is 10.2 Å². The molecular formula is C20H24BrNO4. The number of hydrogen-bond donors (Lipinski definition) is 2. The first-order chi connectivity index (χ1) is 12.3. The van der Waals surface area contributed by atoms with E-state index in [1.54, 1.807) is 6.07 Å². The van der Waals surface area contributed by atoms with E-state index in [1.807, 2.05) is 19.1 Å². The first kappa shape index (κ1) is 18.0. The van der Waals surface area contributed by atoms with Gasteiger partial charge in [-0.2, -0.15) is 0 Å². The fourth-order valence-corrected chi connectivity index (χ4v) is 5.90. The van der Waals surface area contributed by atoms with Gasteiger partial charge in [-0.1, -0.05) is 15.9 Å². The van der Waals surface area contributed by atoms with Crippen molar-refractivity contribution >= 4 is 33.5 Å². The fourth-order valence-electron chi connectivity index (χ4n) is 5.66. The van der Waals surface area contributed by atoms with Gasteiger partial charge < -0.3 is 15.2 Å². The van der Waals surface area contributed by atoms with Crippen molar-refractivity contribution in [3.63, 3.8) is 0 Å². The quantitative estimate of drug-likeness (QED) is 0.728. The number of amides is 1. The second kappa shape index (κ2) is 6.34. The zero-order chi connectivity index (χ0) is 18.5. The van der Waals surface area contributed by atoms with E-state index in [2.05, 4.69) is 21.2 Å². The predicted octanol–water partition coefficient (Wildman–Crippen LogP) is 3.57.